The third-order valence-electron chi connectivity index (χ3n) is 8.76. The van der Waals surface area contributed by atoms with E-state index < -0.39 is 18.1 Å². The van der Waals surface area contributed by atoms with Crippen LogP contribution in [0.4, 0.5) is 0 Å². The van der Waals surface area contributed by atoms with E-state index in [2.05, 4.69) is 21.4 Å². The van der Waals surface area contributed by atoms with Crippen LogP contribution >= 0.6 is 0 Å². The van der Waals surface area contributed by atoms with Crippen LogP contribution in [-0.2, 0) is 6.42 Å². The second kappa shape index (κ2) is 10.9. The number of ether oxygens (including phenoxy) is 3. The van der Waals surface area contributed by atoms with Crippen LogP contribution in [0.1, 0.15) is 59.1 Å². The topological polar surface area (TPSA) is 126 Å². The number of aromatic hydroxyl groups is 2. The summed E-state index contributed by atoms with van der Waals surface area (Å²) in [5.74, 6) is 7.79. The lowest BCUT2D eigenvalue weighted by atomic mass is 9.70. The normalized spacial score (nSPS) is 23.3. The molecule has 4 N–H and O–H groups in total. The van der Waals surface area contributed by atoms with E-state index >= 15 is 0 Å². The number of phenolic OH excluding ortho intramolecular Hbond substituents is 2. The van der Waals surface area contributed by atoms with Crippen molar-refractivity contribution >= 4 is 0 Å². The molecule has 3 aromatic carbocycles. The van der Waals surface area contributed by atoms with Gasteiger partial charge in [0.05, 0.1) is 26.0 Å². The van der Waals surface area contributed by atoms with E-state index in [0.717, 1.165) is 34.2 Å². The van der Waals surface area contributed by atoms with E-state index in [1.807, 2.05) is 24.7 Å². The largest absolute Gasteiger partial charge is 0.508 e. The van der Waals surface area contributed by atoms with Crippen LogP contribution in [0.3, 0.4) is 0 Å². The lowest BCUT2D eigenvalue weighted by Crippen LogP contribution is -2.35. The van der Waals surface area contributed by atoms with Gasteiger partial charge in [-0.3, -0.25) is 0 Å². The van der Waals surface area contributed by atoms with Crippen LogP contribution in [0.25, 0.3) is 11.1 Å². The van der Waals surface area contributed by atoms with Crippen molar-refractivity contribution in [1.82, 2.24) is 9.55 Å². The molecule has 1 aliphatic heterocycles. The molecule has 0 fully saturated rings. The molecular formula is C34H32N2O7. The molecule has 220 valence electrons. The molecule has 2 aliphatic carbocycles. The van der Waals surface area contributed by atoms with E-state index in [1.165, 1.54) is 13.2 Å². The second-order valence-electron chi connectivity index (χ2n) is 11.3. The van der Waals surface area contributed by atoms with Crippen molar-refractivity contribution in [2.45, 2.75) is 49.3 Å². The minimum atomic E-state index is -1.02. The monoisotopic (exact) mass is 580 g/mol. The van der Waals surface area contributed by atoms with Gasteiger partial charge in [-0.15, -0.1) is 5.92 Å². The van der Waals surface area contributed by atoms with E-state index in [9.17, 15) is 20.4 Å². The number of aromatic nitrogens is 2. The fourth-order valence-corrected chi connectivity index (χ4v) is 6.88. The standard InChI is InChI=1S/C34H32N2O7/c1-41-27-16-19(5-8-26(27)39)34-33(40)25-4-2-3-22(36-10-9-35-18-36)14-21-13-20-15-23(38)6-7-24(20)31-28(42-12-11-37)17-29(43-34)32(25)30(21)31/h5-10,15-18,21-22,25,33-34,37-40H,3,11-14H2,1H3. The van der Waals surface area contributed by atoms with Gasteiger partial charge in [0.1, 0.15) is 30.0 Å². The molecule has 0 saturated heterocycles. The summed E-state index contributed by atoms with van der Waals surface area (Å²) in [4.78, 5) is 4.28. The molecule has 4 aromatic rings. The fraction of sp³-hybridized carbons (Fsp3) is 0.324. The van der Waals surface area contributed by atoms with Crippen molar-refractivity contribution in [3.63, 3.8) is 0 Å². The highest BCUT2D eigenvalue weighted by Crippen LogP contribution is 2.57. The molecule has 7 rings (SSSR count). The van der Waals surface area contributed by atoms with Crippen molar-refractivity contribution in [3.05, 3.63) is 83.4 Å². The maximum atomic E-state index is 11.9. The molecule has 0 bridgehead atoms. The highest BCUT2D eigenvalue weighted by atomic mass is 16.5. The zero-order valence-corrected chi connectivity index (χ0v) is 23.6. The number of imidazole rings is 1. The van der Waals surface area contributed by atoms with Gasteiger partial charge in [0.25, 0.3) is 0 Å². The number of hydrogen-bond acceptors (Lipinski definition) is 8. The summed E-state index contributed by atoms with van der Waals surface area (Å²) < 4.78 is 20.2. The summed E-state index contributed by atoms with van der Waals surface area (Å²) in [5, 5.41) is 42.2. The Bertz CT molecular complexity index is 1740. The Labute approximate surface area is 248 Å². The SMILES string of the molecule is COc1cc(C2Oc3cc(OCCO)c4c5c3C(C#CCC(n3ccnc3)CC5Cc3cc(O)ccc3-4)C2O)ccc1O. The zero-order chi connectivity index (χ0) is 29.7. The van der Waals surface area contributed by atoms with Crippen molar-refractivity contribution in [2.75, 3.05) is 20.3 Å². The molecule has 5 atom stereocenters. The lowest BCUT2D eigenvalue weighted by Gasteiger charge is -2.40. The molecule has 9 nitrogen and oxygen atoms in total. The maximum absolute atomic E-state index is 11.9. The molecule has 1 aromatic heterocycles. The first kappa shape index (κ1) is 27.2. The summed E-state index contributed by atoms with van der Waals surface area (Å²) in [6.07, 6.45) is 5.68. The number of nitrogens with zero attached hydrogens (tertiary/aromatic N) is 2. The van der Waals surface area contributed by atoms with Gasteiger partial charge >= 0.3 is 0 Å². The average Bonchev–Trinajstić information content (AvgIpc) is 3.56. The quantitative estimate of drug-likeness (QED) is 0.244. The minimum Gasteiger partial charge on any atom is -0.508 e. The molecule has 0 spiro atoms. The highest BCUT2D eigenvalue weighted by Gasteiger charge is 2.44. The zero-order valence-electron chi connectivity index (χ0n) is 23.6. The summed E-state index contributed by atoms with van der Waals surface area (Å²) in [5.41, 5.74) is 5.29. The van der Waals surface area contributed by atoms with Gasteiger partial charge in [0.15, 0.2) is 17.6 Å². The van der Waals surface area contributed by atoms with Gasteiger partial charge in [-0.25, -0.2) is 4.98 Å². The first-order valence-electron chi connectivity index (χ1n) is 14.4. The molecule has 0 radical (unpaired) electrons. The molecule has 43 heavy (non-hydrogen) atoms. The number of phenols is 2. The summed E-state index contributed by atoms with van der Waals surface area (Å²) in [6.45, 7) is -0.0740. The number of methoxy groups -OCH3 is 1. The van der Waals surface area contributed by atoms with Crippen LogP contribution in [0.2, 0.25) is 0 Å². The van der Waals surface area contributed by atoms with Crippen LogP contribution in [0.15, 0.2) is 61.2 Å². The Kier molecular flexibility index (Phi) is 6.88. The van der Waals surface area contributed by atoms with Crippen LogP contribution in [0.5, 0.6) is 28.7 Å². The summed E-state index contributed by atoms with van der Waals surface area (Å²) in [6, 6.07) is 12.1. The Morgan fingerprint density at radius 1 is 1.09 bits per heavy atom. The molecule has 9 heteroatoms. The van der Waals surface area contributed by atoms with Gasteiger partial charge in [-0.05, 0) is 65.3 Å². The van der Waals surface area contributed by atoms with E-state index in [-0.39, 0.29) is 42.4 Å². The predicted molar refractivity (Wildman–Crippen MR) is 158 cm³/mol. The number of benzene rings is 3. The number of aliphatic hydroxyl groups excluding tert-OH is 2. The molecule has 2 heterocycles. The van der Waals surface area contributed by atoms with Crippen molar-refractivity contribution in [1.29, 1.82) is 0 Å². The van der Waals surface area contributed by atoms with Gasteiger partial charge in [0, 0.05) is 42.0 Å². The third kappa shape index (κ3) is 4.63. The van der Waals surface area contributed by atoms with Crippen LogP contribution in [-0.4, -0.2) is 56.4 Å². The number of aliphatic hydroxyl groups is 2. The Hall–Kier alpha value is -4.65. The average molecular weight is 581 g/mol. The Balaban J connectivity index is 1.47. The fourth-order valence-electron chi connectivity index (χ4n) is 6.88. The van der Waals surface area contributed by atoms with E-state index in [0.29, 0.717) is 29.9 Å². The van der Waals surface area contributed by atoms with Gasteiger partial charge < -0.3 is 39.2 Å². The Morgan fingerprint density at radius 2 is 1.98 bits per heavy atom. The predicted octanol–water partition coefficient (Wildman–Crippen LogP) is 4.60. The van der Waals surface area contributed by atoms with Crippen LogP contribution < -0.4 is 14.2 Å². The Morgan fingerprint density at radius 3 is 2.77 bits per heavy atom. The van der Waals surface area contributed by atoms with Crippen LogP contribution in [0, 0.1) is 11.8 Å². The highest BCUT2D eigenvalue weighted by molar-refractivity contribution is 5.83. The van der Waals surface area contributed by atoms with Crippen molar-refractivity contribution in [2.24, 2.45) is 0 Å². The van der Waals surface area contributed by atoms with E-state index in [1.54, 1.807) is 30.5 Å². The van der Waals surface area contributed by atoms with Gasteiger partial charge in [0.2, 0.25) is 0 Å². The molecular weight excluding hydrogens is 548 g/mol. The van der Waals surface area contributed by atoms with Crippen molar-refractivity contribution < 1.29 is 34.6 Å². The first-order valence-corrected chi connectivity index (χ1v) is 14.4. The number of fused-ring (bicyclic) bond motifs is 2. The smallest absolute Gasteiger partial charge is 0.160 e. The molecule has 0 amide bonds. The minimum absolute atomic E-state index is 0.00831. The molecule has 5 unspecified atom stereocenters. The summed E-state index contributed by atoms with van der Waals surface area (Å²) in [7, 11) is 1.47. The number of hydrogen-bond donors (Lipinski definition) is 4. The molecule has 0 saturated carbocycles. The maximum Gasteiger partial charge on any atom is 0.160 e. The second-order valence-corrected chi connectivity index (χ2v) is 11.3. The first-order chi connectivity index (χ1) is 21.0. The van der Waals surface area contributed by atoms with E-state index in [4.69, 9.17) is 14.2 Å². The van der Waals surface area contributed by atoms with Crippen molar-refractivity contribution in [3.8, 4) is 51.7 Å². The van der Waals surface area contributed by atoms with Gasteiger partial charge in [-0.1, -0.05) is 18.1 Å². The van der Waals surface area contributed by atoms with Gasteiger partial charge in [-0.2, -0.15) is 0 Å². The lowest BCUT2D eigenvalue weighted by molar-refractivity contribution is 0.0112. The third-order valence-corrected chi connectivity index (χ3v) is 8.76. The summed E-state index contributed by atoms with van der Waals surface area (Å²) >= 11 is 0. The number of rotatable bonds is 6. The molecule has 3 aliphatic rings.